The normalized spacial score (nSPS) is 12.9. The molecule has 0 aliphatic carbocycles. The van der Waals surface area contributed by atoms with Crippen molar-refractivity contribution >= 4 is 24.1 Å². The van der Waals surface area contributed by atoms with Gasteiger partial charge in [0, 0.05) is 6.61 Å². The van der Waals surface area contributed by atoms with E-state index >= 15 is 0 Å². The van der Waals surface area contributed by atoms with Crippen LogP contribution in [0.4, 0.5) is 9.59 Å². The van der Waals surface area contributed by atoms with Gasteiger partial charge in [0.25, 0.3) is 0 Å². The van der Waals surface area contributed by atoms with Crippen LogP contribution in [0.25, 0.3) is 0 Å². The molecule has 2 amide bonds. The molecule has 0 aromatic carbocycles. The minimum atomic E-state index is -1.09. The van der Waals surface area contributed by atoms with Gasteiger partial charge < -0.3 is 35.1 Å². The number of aliphatic hydroxyl groups excluding tert-OH is 1. The molecule has 4 N–H and O–H groups in total. The molecule has 0 saturated carbocycles. The number of hydrogen-bond acceptors (Lipinski definition) is 8. The van der Waals surface area contributed by atoms with Crippen LogP contribution in [-0.2, 0) is 23.8 Å². The molecule has 0 heterocycles. The van der Waals surface area contributed by atoms with Crippen molar-refractivity contribution < 1.29 is 43.6 Å². The number of carboxylic acid groups (broad SMARTS) is 1. The fraction of sp³-hybridized carbons (Fsp3) is 0.862. The van der Waals surface area contributed by atoms with Crippen LogP contribution in [0.3, 0.4) is 0 Å². The number of amides is 2. The molecule has 11 heteroatoms. The summed E-state index contributed by atoms with van der Waals surface area (Å²) >= 11 is 0. The number of aliphatic hydroxyl groups is 1. The van der Waals surface area contributed by atoms with E-state index in [0.29, 0.717) is 18.6 Å². The maximum atomic E-state index is 11.6. The third-order valence-electron chi connectivity index (χ3n) is 4.15. The average molecular weight is 581 g/mol. The molecule has 0 aromatic heterocycles. The first-order valence-corrected chi connectivity index (χ1v) is 13.2. The van der Waals surface area contributed by atoms with Gasteiger partial charge in [-0.05, 0) is 79.1 Å². The van der Waals surface area contributed by atoms with Gasteiger partial charge in [0.2, 0.25) is 0 Å². The summed E-state index contributed by atoms with van der Waals surface area (Å²) in [6, 6.07) is -1.65. The van der Waals surface area contributed by atoms with Gasteiger partial charge in [-0.3, -0.25) is 4.79 Å². The van der Waals surface area contributed by atoms with Crippen molar-refractivity contribution in [2.24, 2.45) is 10.8 Å². The van der Waals surface area contributed by atoms with Crippen molar-refractivity contribution in [3.8, 4) is 0 Å². The molecule has 40 heavy (non-hydrogen) atoms. The van der Waals surface area contributed by atoms with E-state index in [1.54, 1.807) is 48.5 Å². The Morgan fingerprint density at radius 2 is 1.02 bits per heavy atom. The zero-order valence-electron chi connectivity index (χ0n) is 26.7. The molecule has 2 atom stereocenters. The molecule has 0 bridgehead atoms. The van der Waals surface area contributed by atoms with Crippen LogP contribution in [0.5, 0.6) is 0 Å². The number of alkyl carbamates (subject to hydrolysis) is 2. The number of carbonyl (C=O) groups is 4. The van der Waals surface area contributed by atoms with Crippen molar-refractivity contribution in [3.63, 3.8) is 0 Å². The Labute approximate surface area is 243 Å². The number of nitrogens with one attached hydrogen (secondary N) is 2. The molecule has 0 spiro atoms. The maximum Gasteiger partial charge on any atom is 0.408 e. The summed E-state index contributed by atoms with van der Waals surface area (Å²) in [5.74, 6) is -1.54. The van der Waals surface area contributed by atoms with Crippen molar-refractivity contribution in [3.05, 3.63) is 0 Å². The first kappa shape index (κ1) is 44.5. The predicted molar refractivity (Wildman–Crippen MR) is 158 cm³/mol. The van der Waals surface area contributed by atoms with Crippen molar-refractivity contribution in [2.75, 3.05) is 13.2 Å². The number of carbonyl (C=O) groups excluding carboxylic acids is 3. The Bertz CT molecular complexity index is 741. The fourth-order valence-corrected chi connectivity index (χ4v) is 2.01. The van der Waals surface area contributed by atoms with E-state index < -0.39 is 47.4 Å². The highest BCUT2D eigenvalue weighted by atomic mass is 16.6. The van der Waals surface area contributed by atoms with Crippen LogP contribution in [0.15, 0.2) is 0 Å². The fourth-order valence-electron chi connectivity index (χ4n) is 2.01. The number of carboxylic acids is 1. The standard InChI is InChI=1S/C14H27NO4.C8H15NO4.C6H14O.CH4/c1-10(15-12(17)19-14(5,6)7)11(16)18-9-8-13(2,3)4;1-5(6(10)11)9-7(12)13-8(2,3)4;1-6(2,3)4-5-7;/h10H,8-9H2,1-7H3,(H,15,17);5H,1-4H3,(H,9,12)(H,10,11);7H,4-5H2,1-3H3;1H4/t10-;5-;;/m00../s1. The zero-order valence-corrected chi connectivity index (χ0v) is 26.7. The molecule has 0 fully saturated rings. The summed E-state index contributed by atoms with van der Waals surface area (Å²) in [5.41, 5.74) is -0.779. The maximum absolute atomic E-state index is 11.6. The van der Waals surface area contributed by atoms with Gasteiger partial charge in [0.1, 0.15) is 23.3 Å². The minimum Gasteiger partial charge on any atom is -0.480 e. The molecule has 0 aliphatic rings. The van der Waals surface area contributed by atoms with Gasteiger partial charge in [0.15, 0.2) is 0 Å². The Balaban J connectivity index is -0.000000267. The Kier molecular flexibility index (Phi) is 21.7. The monoisotopic (exact) mass is 580 g/mol. The number of hydrogen-bond donors (Lipinski definition) is 4. The van der Waals surface area contributed by atoms with Crippen LogP contribution in [-0.4, -0.2) is 70.8 Å². The summed E-state index contributed by atoms with van der Waals surface area (Å²) in [6.07, 6.45) is 0.334. The SMILES string of the molecule is C.CC(C)(C)CCO.C[C@H](NC(=O)OC(C)(C)C)C(=O)O.C[C@H](NC(=O)OC(C)(C)C)C(=O)OCCC(C)(C)C. The van der Waals surface area contributed by atoms with E-state index in [2.05, 4.69) is 52.2 Å². The topological polar surface area (TPSA) is 160 Å². The van der Waals surface area contributed by atoms with Crippen LogP contribution in [0, 0.1) is 10.8 Å². The summed E-state index contributed by atoms with van der Waals surface area (Å²) in [7, 11) is 0. The number of ether oxygens (including phenoxy) is 3. The van der Waals surface area contributed by atoms with Gasteiger partial charge >= 0.3 is 24.1 Å². The predicted octanol–water partition coefficient (Wildman–Crippen LogP) is 5.91. The third kappa shape index (κ3) is 35.4. The van der Waals surface area contributed by atoms with E-state index in [0.717, 1.165) is 12.8 Å². The lowest BCUT2D eigenvalue weighted by atomic mass is 9.93. The lowest BCUT2D eigenvalue weighted by Crippen LogP contribution is -2.42. The van der Waals surface area contributed by atoms with Gasteiger partial charge in [-0.25, -0.2) is 14.4 Å². The molecule has 0 rings (SSSR count). The number of rotatable bonds is 7. The second-order valence-corrected chi connectivity index (χ2v) is 13.6. The smallest absolute Gasteiger partial charge is 0.408 e. The average Bonchev–Trinajstić information content (AvgIpc) is 2.63. The van der Waals surface area contributed by atoms with Crippen LogP contribution in [0.1, 0.15) is 117 Å². The second kappa shape index (κ2) is 19.5. The minimum absolute atomic E-state index is 0. The second-order valence-electron chi connectivity index (χ2n) is 13.6. The van der Waals surface area contributed by atoms with Gasteiger partial charge in [-0.2, -0.15) is 0 Å². The van der Waals surface area contributed by atoms with Crippen LogP contribution < -0.4 is 10.6 Å². The van der Waals surface area contributed by atoms with Gasteiger partial charge in [0.05, 0.1) is 6.61 Å². The number of esters is 1. The molecule has 0 unspecified atom stereocenters. The molecule has 0 aliphatic heterocycles. The summed E-state index contributed by atoms with van der Waals surface area (Å²) in [5, 5.41) is 21.5. The third-order valence-corrected chi connectivity index (χ3v) is 4.15. The van der Waals surface area contributed by atoms with Crippen molar-refractivity contribution in [1.82, 2.24) is 10.6 Å². The van der Waals surface area contributed by atoms with E-state index in [1.165, 1.54) is 6.92 Å². The Hall–Kier alpha value is -2.56. The van der Waals surface area contributed by atoms with Crippen LogP contribution >= 0.6 is 0 Å². The molecular weight excluding hydrogens is 520 g/mol. The first-order chi connectivity index (χ1) is 17.2. The highest BCUT2D eigenvalue weighted by Gasteiger charge is 2.22. The molecule has 240 valence electrons. The lowest BCUT2D eigenvalue weighted by Gasteiger charge is -2.22. The zero-order chi connectivity index (χ0) is 31.8. The van der Waals surface area contributed by atoms with Crippen molar-refractivity contribution in [2.45, 2.75) is 140 Å². The molecule has 0 aromatic rings. The summed E-state index contributed by atoms with van der Waals surface area (Å²) in [6.45, 7) is 26.6. The van der Waals surface area contributed by atoms with Crippen LogP contribution in [0.2, 0.25) is 0 Å². The lowest BCUT2D eigenvalue weighted by molar-refractivity contribution is -0.146. The van der Waals surface area contributed by atoms with E-state index in [-0.39, 0.29) is 12.8 Å². The highest BCUT2D eigenvalue weighted by molar-refractivity contribution is 5.81. The van der Waals surface area contributed by atoms with E-state index in [9.17, 15) is 19.2 Å². The molecule has 0 radical (unpaired) electrons. The summed E-state index contributed by atoms with van der Waals surface area (Å²) < 4.78 is 15.0. The summed E-state index contributed by atoms with van der Waals surface area (Å²) in [4.78, 5) is 44.4. The Morgan fingerprint density at radius 1 is 0.675 bits per heavy atom. The van der Waals surface area contributed by atoms with Gasteiger partial charge in [-0.15, -0.1) is 0 Å². The van der Waals surface area contributed by atoms with Crippen molar-refractivity contribution in [1.29, 1.82) is 0 Å². The first-order valence-electron chi connectivity index (χ1n) is 13.2. The Morgan fingerprint density at radius 3 is 1.27 bits per heavy atom. The van der Waals surface area contributed by atoms with E-state index in [1.807, 2.05) is 0 Å². The quantitative estimate of drug-likeness (QED) is 0.212. The van der Waals surface area contributed by atoms with Gasteiger partial charge in [-0.1, -0.05) is 49.0 Å². The highest BCUT2D eigenvalue weighted by Crippen LogP contribution is 2.18. The van der Waals surface area contributed by atoms with E-state index in [4.69, 9.17) is 24.4 Å². The number of aliphatic carboxylic acids is 1. The largest absolute Gasteiger partial charge is 0.480 e. The molecular formula is C29H60N2O9. The molecule has 0 saturated heterocycles. The molecule has 11 nitrogen and oxygen atoms in total.